The molecule has 3 heteroatoms. The van der Waals surface area contributed by atoms with Crippen molar-refractivity contribution in [2.75, 3.05) is 39.3 Å². The van der Waals surface area contributed by atoms with Gasteiger partial charge >= 0.3 is 0 Å². The van der Waals surface area contributed by atoms with Crippen molar-refractivity contribution in [3.05, 3.63) is 64.7 Å². The predicted molar refractivity (Wildman–Crippen MR) is 123 cm³/mol. The Morgan fingerprint density at radius 3 is 2.57 bits per heavy atom. The van der Waals surface area contributed by atoms with Crippen LogP contribution in [0.25, 0.3) is 0 Å². The van der Waals surface area contributed by atoms with Gasteiger partial charge in [0.25, 0.3) is 0 Å². The number of rotatable bonds is 6. The second-order valence-electron chi connectivity index (χ2n) is 9.51. The van der Waals surface area contributed by atoms with Gasteiger partial charge in [-0.1, -0.05) is 42.3 Å². The van der Waals surface area contributed by atoms with E-state index < -0.39 is 0 Å². The molecule has 160 valence electrons. The maximum absolute atomic E-state index is 6.22. The molecule has 0 N–H and O–H groups in total. The van der Waals surface area contributed by atoms with Crippen LogP contribution in [-0.2, 0) is 0 Å². The van der Waals surface area contributed by atoms with Crippen LogP contribution in [0.4, 0.5) is 0 Å². The fraction of sp³-hybridized carbons (Fsp3) is 0.556. The molecule has 0 bridgehead atoms. The highest BCUT2D eigenvalue weighted by Gasteiger charge is 2.36. The van der Waals surface area contributed by atoms with E-state index in [2.05, 4.69) is 59.2 Å². The summed E-state index contributed by atoms with van der Waals surface area (Å²) < 4.78 is 6.22. The maximum Gasteiger partial charge on any atom is 0.119 e. The molecule has 0 radical (unpaired) electrons. The van der Waals surface area contributed by atoms with Gasteiger partial charge in [0.1, 0.15) is 5.75 Å². The summed E-state index contributed by atoms with van der Waals surface area (Å²) >= 11 is 0. The number of benzene rings is 2. The molecule has 0 saturated carbocycles. The van der Waals surface area contributed by atoms with Crippen molar-refractivity contribution >= 4 is 0 Å². The summed E-state index contributed by atoms with van der Waals surface area (Å²) in [4.78, 5) is 5.30. The van der Waals surface area contributed by atoms with Crippen LogP contribution < -0.4 is 4.74 Å². The van der Waals surface area contributed by atoms with Gasteiger partial charge in [-0.15, -0.1) is 0 Å². The van der Waals surface area contributed by atoms with Crippen molar-refractivity contribution in [1.82, 2.24) is 9.80 Å². The largest absolute Gasteiger partial charge is 0.494 e. The molecule has 2 fully saturated rings. The molecule has 2 saturated heterocycles. The molecule has 5 rings (SSSR count). The quantitative estimate of drug-likeness (QED) is 0.589. The van der Waals surface area contributed by atoms with E-state index >= 15 is 0 Å². The molecular formula is C27H36N2O. The number of hydrogen-bond acceptors (Lipinski definition) is 3. The minimum atomic E-state index is 0.475. The van der Waals surface area contributed by atoms with E-state index in [1.807, 2.05) is 0 Å². The van der Waals surface area contributed by atoms with Crippen molar-refractivity contribution in [1.29, 1.82) is 0 Å². The van der Waals surface area contributed by atoms with Crippen LogP contribution >= 0.6 is 0 Å². The fourth-order valence-electron chi connectivity index (χ4n) is 5.72. The zero-order valence-corrected chi connectivity index (χ0v) is 18.5. The molecule has 0 unspecified atom stereocenters. The first-order chi connectivity index (χ1) is 14.8. The van der Waals surface area contributed by atoms with E-state index in [1.165, 1.54) is 80.5 Å². The Hall–Kier alpha value is -1.84. The van der Waals surface area contributed by atoms with Gasteiger partial charge in [0.15, 0.2) is 0 Å². The van der Waals surface area contributed by atoms with Gasteiger partial charge in [-0.25, -0.2) is 0 Å². The summed E-state index contributed by atoms with van der Waals surface area (Å²) in [7, 11) is 0. The third-order valence-corrected chi connectivity index (χ3v) is 7.39. The molecule has 3 heterocycles. The first-order valence-electron chi connectivity index (χ1n) is 12.1. The van der Waals surface area contributed by atoms with Crippen LogP contribution in [0.2, 0.25) is 0 Å². The van der Waals surface area contributed by atoms with Gasteiger partial charge in [-0.3, -0.25) is 4.90 Å². The summed E-state index contributed by atoms with van der Waals surface area (Å²) in [5.74, 6) is 1.53. The van der Waals surface area contributed by atoms with Gasteiger partial charge in [0, 0.05) is 25.0 Å². The van der Waals surface area contributed by atoms with Gasteiger partial charge in [-0.05, 0) is 87.5 Å². The van der Waals surface area contributed by atoms with Crippen molar-refractivity contribution < 1.29 is 4.74 Å². The number of aryl methyl sites for hydroxylation is 1. The van der Waals surface area contributed by atoms with E-state index in [4.69, 9.17) is 4.74 Å². The summed E-state index contributed by atoms with van der Waals surface area (Å²) in [6.45, 7) is 9.10. The van der Waals surface area contributed by atoms with E-state index in [1.54, 1.807) is 0 Å². The molecule has 2 atom stereocenters. The van der Waals surface area contributed by atoms with Crippen molar-refractivity contribution in [3.63, 3.8) is 0 Å². The molecule has 3 aliphatic heterocycles. The smallest absolute Gasteiger partial charge is 0.119 e. The van der Waals surface area contributed by atoms with Crippen molar-refractivity contribution in [3.8, 4) is 5.75 Å². The summed E-state index contributed by atoms with van der Waals surface area (Å²) in [6.07, 6.45) is 7.86. The average molecular weight is 405 g/mol. The Bertz CT molecular complexity index is 840. The van der Waals surface area contributed by atoms with E-state index in [9.17, 15) is 0 Å². The Morgan fingerprint density at radius 2 is 1.73 bits per heavy atom. The average Bonchev–Trinajstić information content (AvgIpc) is 3.26. The normalized spacial score (nSPS) is 24.4. The topological polar surface area (TPSA) is 15.7 Å². The monoisotopic (exact) mass is 404 g/mol. The highest BCUT2D eigenvalue weighted by Crippen LogP contribution is 2.45. The van der Waals surface area contributed by atoms with Crippen LogP contribution in [0.1, 0.15) is 72.7 Å². The third kappa shape index (κ3) is 4.29. The lowest BCUT2D eigenvalue weighted by molar-refractivity contribution is 0.204. The zero-order chi connectivity index (χ0) is 20.3. The Morgan fingerprint density at radius 1 is 0.900 bits per heavy atom. The minimum Gasteiger partial charge on any atom is -0.494 e. The Kier molecular flexibility index (Phi) is 6.10. The molecule has 3 aliphatic rings. The Labute approximate surface area is 182 Å². The van der Waals surface area contributed by atoms with Crippen LogP contribution in [0.5, 0.6) is 5.75 Å². The lowest BCUT2D eigenvalue weighted by Gasteiger charge is -2.37. The minimum absolute atomic E-state index is 0.475. The molecular weight excluding hydrogens is 368 g/mol. The summed E-state index contributed by atoms with van der Waals surface area (Å²) in [5, 5.41) is 0. The molecule has 2 aromatic carbocycles. The summed E-state index contributed by atoms with van der Waals surface area (Å²) in [6, 6.07) is 16.7. The summed E-state index contributed by atoms with van der Waals surface area (Å²) in [5.41, 5.74) is 5.81. The van der Waals surface area contributed by atoms with E-state index in [-0.39, 0.29) is 0 Å². The van der Waals surface area contributed by atoms with E-state index in [0.717, 1.165) is 25.3 Å². The van der Waals surface area contributed by atoms with Gasteiger partial charge < -0.3 is 9.64 Å². The second kappa shape index (κ2) is 9.11. The number of nitrogens with zero attached hydrogens (tertiary/aromatic N) is 2. The van der Waals surface area contributed by atoms with Gasteiger partial charge in [-0.2, -0.15) is 0 Å². The van der Waals surface area contributed by atoms with Crippen molar-refractivity contribution in [2.24, 2.45) is 0 Å². The molecule has 2 aromatic rings. The molecule has 0 amide bonds. The van der Waals surface area contributed by atoms with Crippen LogP contribution in [-0.4, -0.2) is 49.1 Å². The fourth-order valence-corrected chi connectivity index (χ4v) is 5.72. The molecule has 0 aliphatic carbocycles. The van der Waals surface area contributed by atoms with Crippen LogP contribution in [0.3, 0.4) is 0 Å². The van der Waals surface area contributed by atoms with Crippen LogP contribution in [0, 0.1) is 6.92 Å². The first kappa shape index (κ1) is 20.1. The second-order valence-corrected chi connectivity index (χ2v) is 9.51. The lowest BCUT2D eigenvalue weighted by Crippen LogP contribution is -2.34. The Balaban J connectivity index is 1.29. The number of ether oxygens (including phenoxy) is 1. The standard InChI is InChI=1S/C27H36N2O/c1-21-8-10-22(11-9-21)26-20-29-17-5-7-27(29)25-19-23(12-13-24(25)26)30-18-6-16-28-14-3-2-4-15-28/h8-13,19,26-27H,2-7,14-18,20H2,1H3/t26-,27+/m1/s1. The highest BCUT2D eigenvalue weighted by molar-refractivity contribution is 5.46. The van der Waals surface area contributed by atoms with Gasteiger partial charge in [0.2, 0.25) is 0 Å². The SMILES string of the molecule is Cc1ccc([C@H]2CN3CCC[C@H]3c3cc(OCCCN4CCCCC4)ccc32)cc1. The maximum atomic E-state index is 6.22. The number of piperidine rings is 1. The molecule has 0 aromatic heterocycles. The van der Waals surface area contributed by atoms with E-state index in [0.29, 0.717) is 12.0 Å². The van der Waals surface area contributed by atoms with Crippen molar-refractivity contribution in [2.45, 2.75) is 57.4 Å². The number of likely N-dealkylation sites (tertiary alicyclic amines) is 1. The lowest BCUT2D eigenvalue weighted by atomic mass is 9.81. The first-order valence-corrected chi connectivity index (χ1v) is 12.1. The third-order valence-electron chi connectivity index (χ3n) is 7.39. The zero-order valence-electron chi connectivity index (χ0n) is 18.5. The highest BCUT2D eigenvalue weighted by atomic mass is 16.5. The molecule has 3 nitrogen and oxygen atoms in total. The number of fused-ring (bicyclic) bond motifs is 3. The van der Waals surface area contributed by atoms with Gasteiger partial charge in [0.05, 0.1) is 6.61 Å². The molecule has 30 heavy (non-hydrogen) atoms. The molecule has 0 spiro atoms. The predicted octanol–water partition coefficient (Wildman–Crippen LogP) is 5.53. The van der Waals surface area contributed by atoms with Crippen LogP contribution in [0.15, 0.2) is 42.5 Å². The number of hydrogen-bond donors (Lipinski definition) is 0.